The molecule has 2 amide bonds. The maximum absolute atomic E-state index is 13.3. The lowest BCUT2D eigenvalue weighted by atomic mass is 9.89. The van der Waals surface area contributed by atoms with Crippen LogP contribution in [0.5, 0.6) is 5.88 Å². The number of aromatic nitrogens is 3. The van der Waals surface area contributed by atoms with Gasteiger partial charge in [0.2, 0.25) is 11.8 Å². The number of nitrogens with zero attached hydrogens (tertiary/aromatic N) is 3. The Bertz CT molecular complexity index is 979. The molecule has 2 N–H and O–H groups in total. The number of amides is 2. The number of carbonyl (C=O) groups excluding carboxylic acids is 2. The molecule has 9 heteroatoms. The Morgan fingerprint density at radius 3 is 2.48 bits per heavy atom. The molecule has 0 radical (unpaired) electrons. The van der Waals surface area contributed by atoms with E-state index in [0.717, 1.165) is 31.2 Å². The van der Waals surface area contributed by atoms with Crippen LogP contribution in [0.15, 0.2) is 30.6 Å². The third-order valence-electron chi connectivity index (χ3n) is 5.94. The molecule has 33 heavy (non-hydrogen) atoms. The summed E-state index contributed by atoms with van der Waals surface area (Å²) in [5.74, 6) is 1.78. The van der Waals surface area contributed by atoms with Gasteiger partial charge in [0.05, 0.1) is 13.7 Å². The minimum Gasteiger partial charge on any atom is -0.481 e. The van der Waals surface area contributed by atoms with E-state index in [4.69, 9.17) is 9.47 Å². The number of anilines is 1. The molecule has 4 rings (SSSR count). The standard InChI is InChI=1S/C24H33N5O4/c1-24(2,3)33-23(31)27-20(19(15-7-8-15)16-9-10-16)21(30)26-18-11-13-29(28-18)14-17-6-5-12-25-22(17)32-4/h5-6,11-13,15-16,19-20H,7-10,14H2,1-4H3,(H,27,31)(H,26,28,30). The second-order valence-electron chi connectivity index (χ2n) is 9.94. The summed E-state index contributed by atoms with van der Waals surface area (Å²) >= 11 is 0. The molecule has 9 nitrogen and oxygen atoms in total. The monoisotopic (exact) mass is 455 g/mol. The molecule has 1 unspecified atom stereocenters. The van der Waals surface area contributed by atoms with Crippen LogP contribution < -0.4 is 15.4 Å². The van der Waals surface area contributed by atoms with Crippen molar-refractivity contribution in [3.8, 4) is 5.88 Å². The molecule has 2 aliphatic rings. The van der Waals surface area contributed by atoms with E-state index in [2.05, 4.69) is 20.7 Å². The van der Waals surface area contributed by atoms with Crippen LogP contribution in [-0.2, 0) is 16.1 Å². The number of pyridine rings is 1. The first-order valence-corrected chi connectivity index (χ1v) is 11.5. The van der Waals surface area contributed by atoms with Crippen LogP contribution in [0.2, 0.25) is 0 Å². The van der Waals surface area contributed by atoms with Crippen molar-refractivity contribution in [3.63, 3.8) is 0 Å². The largest absolute Gasteiger partial charge is 0.481 e. The fourth-order valence-electron chi connectivity index (χ4n) is 4.29. The Kier molecular flexibility index (Phi) is 6.58. The molecule has 178 valence electrons. The Morgan fingerprint density at radius 1 is 1.18 bits per heavy atom. The molecule has 2 aromatic rings. The lowest BCUT2D eigenvalue weighted by Gasteiger charge is -2.28. The van der Waals surface area contributed by atoms with E-state index in [1.165, 1.54) is 0 Å². The minimum absolute atomic E-state index is 0.124. The highest BCUT2D eigenvalue weighted by atomic mass is 16.6. The number of hydrogen-bond acceptors (Lipinski definition) is 6. The quantitative estimate of drug-likeness (QED) is 0.598. The van der Waals surface area contributed by atoms with Crippen molar-refractivity contribution in [2.45, 2.75) is 64.6 Å². The Hall–Kier alpha value is -3.10. The zero-order valence-corrected chi connectivity index (χ0v) is 19.7. The van der Waals surface area contributed by atoms with Gasteiger partial charge in [-0.1, -0.05) is 6.07 Å². The van der Waals surface area contributed by atoms with Crippen molar-refractivity contribution < 1.29 is 19.1 Å². The molecule has 0 aliphatic heterocycles. The molecular formula is C24H33N5O4. The zero-order chi connectivity index (χ0) is 23.6. The Balaban J connectivity index is 1.46. The third kappa shape index (κ3) is 6.24. The summed E-state index contributed by atoms with van der Waals surface area (Å²) in [5, 5.41) is 10.2. The highest BCUT2D eigenvalue weighted by Crippen LogP contribution is 2.50. The van der Waals surface area contributed by atoms with Gasteiger partial charge in [-0.2, -0.15) is 5.10 Å². The summed E-state index contributed by atoms with van der Waals surface area (Å²) in [6, 6.07) is 4.85. The lowest BCUT2D eigenvalue weighted by molar-refractivity contribution is -0.120. The number of ether oxygens (including phenoxy) is 2. The SMILES string of the molecule is COc1ncccc1Cn1ccc(NC(=O)C(NC(=O)OC(C)(C)C)C(C2CC2)C2CC2)n1. The maximum atomic E-state index is 13.3. The van der Waals surface area contributed by atoms with Gasteiger partial charge in [0.1, 0.15) is 11.6 Å². The fraction of sp³-hybridized carbons (Fsp3) is 0.583. The number of rotatable bonds is 9. The summed E-state index contributed by atoms with van der Waals surface area (Å²) in [5.41, 5.74) is 0.249. The van der Waals surface area contributed by atoms with Crippen molar-refractivity contribution in [2.24, 2.45) is 17.8 Å². The lowest BCUT2D eigenvalue weighted by Crippen LogP contribution is -2.51. The van der Waals surface area contributed by atoms with Gasteiger partial charge in [0, 0.05) is 24.0 Å². The van der Waals surface area contributed by atoms with Crippen LogP contribution in [0.3, 0.4) is 0 Å². The number of carbonyl (C=O) groups is 2. The molecule has 2 saturated carbocycles. The molecular weight excluding hydrogens is 422 g/mol. The van der Waals surface area contributed by atoms with Crippen molar-refractivity contribution in [1.82, 2.24) is 20.1 Å². The molecule has 2 aromatic heterocycles. The van der Waals surface area contributed by atoms with E-state index >= 15 is 0 Å². The number of methoxy groups -OCH3 is 1. The molecule has 2 fully saturated rings. The van der Waals surface area contributed by atoms with Gasteiger partial charge < -0.3 is 20.1 Å². The summed E-state index contributed by atoms with van der Waals surface area (Å²) in [6.07, 6.45) is 7.29. The minimum atomic E-state index is -0.650. The highest BCUT2D eigenvalue weighted by Gasteiger charge is 2.48. The first-order valence-electron chi connectivity index (χ1n) is 11.5. The summed E-state index contributed by atoms with van der Waals surface area (Å²) < 4.78 is 12.5. The summed E-state index contributed by atoms with van der Waals surface area (Å²) in [7, 11) is 1.58. The van der Waals surface area contributed by atoms with Crippen LogP contribution in [-0.4, -0.2) is 45.5 Å². The van der Waals surface area contributed by atoms with Crippen LogP contribution in [0.1, 0.15) is 52.0 Å². The maximum Gasteiger partial charge on any atom is 0.408 e. The van der Waals surface area contributed by atoms with Crippen LogP contribution >= 0.6 is 0 Å². The van der Waals surface area contributed by atoms with Crippen molar-refractivity contribution in [1.29, 1.82) is 0 Å². The van der Waals surface area contributed by atoms with Crippen molar-refractivity contribution in [3.05, 3.63) is 36.2 Å². The Labute approximate surface area is 194 Å². The number of nitrogens with one attached hydrogen (secondary N) is 2. The second-order valence-corrected chi connectivity index (χ2v) is 9.94. The average Bonchev–Trinajstić information content (AvgIpc) is 3.67. The van der Waals surface area contributed by atoms with E-state index in [0.29, 0.717) is 30.1 Å². The van der Waals surface area contributed by atoms with E-state index in [-0.39, 0.29) is 11.8 Å². The second kappa shape index (κ2) is 9.41. The predicted octanol–water partition coefficient (Wildman–Crippen LogP) is 3.60. The normalized spacial score (nSPS) is 16.9. The first-order chi connectivity index (χ1) is 15.7. The molecule has 0 spiro atoms. The smallest absolute Gasteiger partial charge is 0.408 e. The van der Waals surface area contributed by atoms with Gasteiger partial charge in [-0.25, -0.2) is 9.78 Å². The summed E-state index contributed by atoms with van der Waals surface area (Å²) in [6.45, 7) is 5.89. The van der Waals surface area contributed by atoms with Crippen LogP contribution in [0.25, 0.3) is 0 Å². The van der Waals surface area contributed by atoms with Gasteiger partial charge in [-0.15, -0.1) is 0 Å². The van der Waals surface area contributed by atoms with Crippen molar-refractivity contribution >= 4 is 17.8 Å². The topological polar surface area (TPSA) is 107 Å². The molecule has 0 saturated heterocycles. The molecule has 2 heterocycles. The highest BCUT2D eigenvalue weighted by molar-refractivity contribution is 5.96. The van der Waals surface area contributed by atoms with Crippen LogP contribution in [0, 0.1) is 17.8 Å². The van der Waals surface area contributed by atoms with E-state index < -0.39 is 17.7 Å². The Morgan fingerprint density at radius 2 is 1.88 bits per heavy atom. The molecule has 1 atom stereocenters. The average molecular weight is 456 g/mol. The number of hydrogen-bond donors (Lipinski definition) is 2. The van der Waals surface area contributed by atoms with E-state index in [9.17, 15) is 9.59 Å². The third-order valence-corrected chi connectivity index (χ3v) is 5.94. The fourth-order valence-corrected chi connectivity index (χ4v) is 4.29. The van der Waals surface area contributed by atoms with Gasteiger partial charge in [-0.3, -0.25) is 9.48 Å². The van der Waals surface area contributed by atoms with Crippen LogP contribution in [0.4, 0.5) is 10.6 Å². The van der Waals surface area contributed by atoms with E-state index in [1.807, 2.05) is 32.9 Å². The van der Waals surface area contributed by atoms with Crippen molar-refractivity contribution in [2.75, 3.05) is 12.4 Å². The summed E-state index contributed by atoms with van der Waals surface area (Å²) in [4.78, 5) is 30.1. The zero-order valence-electron chi connectivity index (χ0n) is 19.7. The van der Waals surface area contributed by atoms with E-state index in [1.54, 1.807) is 30.3 Å². The molecule has 2 aliphatic carbocycles. The molecule has 0 aromatic carbocycles. The van der Waals surface area contributed by atoms with Gasteiger partial charge in [0.15, 0.2) is 5.82 Å². The van der Waals surface area contributed by atoms with Gasteiger partial charge in [0.25, 0.3) is 0 Å². The van der Waals surface area contributed by atoms with Gasteiger partial charge >= 0.3 is 6.09 Å². The predicted molar refractivity (Wildman–Crippen MR) is 123 cm³/mol. The first kappa shape index (κ1) is 23.1. The van der Waals surface area contributed by atoms with Gasteiger partial charge in [-0.05, 0) is 70.3 Å². The number of alkyl carbamates (subject to hydrolysis) is 1. The molecule has 0 bridgehead atoms.